The molecule has 1 aromatic rings. The third-order valence-electron chi connectivity index (χ3n) is 7.02. The quantitative estimate of drug-likeness (QED) is 0.534. The van der Waals surface area contributed by atoms with Gasteiger partial charge in [-0.05, 0) is 24.5 Å². The maximum Gasteiger partial charge on any atom is 0.328 e. The van der Waals surface area contributed by atoms with Gasteiger partial charge in [-0.1, -0.05) is 43.7 Å². The summed E-state index contributed by atoms with van der Waals surface area (Å²) in [5, 5.41) is 0.435. The maximum atomic E-state index is 13.9. The van der Waals surface area contributed by atoms with E-state index < -0.39 is 28.2 Å². The summed E-state index contributed by atoms with van der Waals surface area (Å²) in [6.07, 6.45) is 3.34. The minimum atomic E-state index is -1.53. The maximum absolute atomic E-state index is 13.9. The van der Waals surface area contributed by atoms with E-state index in [1.165, 1.54) is 0 Å². The minimum absolute atomic E-state index is 0.0484. The van der Waals surface area contributed by atoms with E-state index in [9.17, 15) is 9.59 Å². The summed E-state index contributed by atoms with van der Waals surface area (Å²) in [5.74, 6) is -1.38. The number of carbonyl (C=O) groups is 2. The van der Waals surface area contributed by atoms with Crippen molar-refractivity contribution in [1.29, 1.82) is 0 Å². The van der Waals surface area contributed by atoms with Gasteiger partial charge in [-0.25, -0.2) is 6.57 Å². The van der Waals surface area contributed by atoms with Crippen LogP contribution < -0.4 is 4.90 Å². The van der Waals surface area contributed by atoms with Gasteiger partial charge < -0.3 is 4.90 Å². The third-order valence-corrected chi connectivity index (χ3v) is 7.54. The molecule has 0 saturated heterocycles. The number of amides is 1. The van der Waals surface area contributed by atoms with Gasteiger partial charge in [0.1, 0.15) is 5.41 Å². The number of Topliss-reactive ketones (excluding diaryl/α,β-unsaturated/α-hetero) is 1. The Labute approximate surface area is 164 Å². The second kappa shape index (κ2) is 5.11. The molecule has 4 rings (SSSR count). The van der Waals surface area contributed by atoms with Crippen LogP contribution in [-0.4, -0.2) is 18.7 Å². The molecule has 27 heavy (non-hydrogen) atoms. The number of likely N-dealkylation sites (N-methyl/N-ethyl adjacent to an activating group) is 1. The molecule has 1 aromatic carbocycles. The van der Waals surface area contributed by atoms with Crippen LogP contribution >= 0.6 is 11.6 Å². The van der Waals surface area contributed by atoms with Crippen LogP contribution in [0.2, 0.25) is 0 Å². The lowest BCUT2D eigenvalue weighted by atomic mass is 9.57. The van der Waals surface area contributed by atoms with E-state index in [0.29, 0.717) is 10.6 Å². The molecule has 0 radical (unpaired) electrons. The van der Waals surface area contributed by atoms with E-state index in [1.54, 1.807) is 31.0 Å². The summed E-state index contributed by atoms with van der Waals surface area (Å²) < 4.78 is 0. The fourth-order valence-electron chi connectivity index (χ4n) is 5.26. The fraction of sp³-hybridized carbons (Fsp3) is 0.409. The Morgan fingerprint density at radius 3 is 2.56 bits per heavy atom. The monoisotopic (exact) mass is 380 g/mol. The van der Waals surface area contributed by atoms with Crippen molar-refractivity contribution in [3.8, 4) is 0 Å². The number of hydrogen-bond donors (Lipinski definition) is 0. The van der Waals surface area contributed by atoms with Crippen molar-refractivity contribution in [2.45, 2.75) is 32.2 Å². The van der Waals surface area contributed by atoms with E-state index in [0.717, 1.165) is 11.3 Å². The first-order valence-electron chi connectivity index (χ1n) is 8.95. The Morgan fingerprint density at radius 2 is 1.96 bits per heavy atom. The van der Waals surface area contributed by atoms with E-state index in [-0.39, 0.29) is 11.7 Å². The number of fused-ring (bicyclic) bond motifs is 3. The van der Waals surface area contributed by atoms with Crippen LogP contribution in [0.3, 0.4) is 0 Å². The molecule has 5 heteroatoms. The first-order valence-corrected chi connectivity index (χ1v) is 9.32. The molecular weight excluding hydrogens is 360 g/mol. The number of benzene rings is 1. The van der Waals surface area contributed by atoms with Crippen molar-refractivity contribution < 1.29 is 9.59 Å². The number of nitrogens with zero attached hydrogens (tertiary/aromatic N) is 2. The highest BCUT2D eigenvalue weighted by atomic mass is 35.5. The average Bonchev–Trinajstić information content (AvgIpc) is 2.88. The van der Waals surface area contributed by atoms with Crippen molar-refractivity contribution in [3.05, 3.63) is 64.5 Å². The van der Waals surface area contributed by atoms with Crippen LogP contribution in [0, 0.1) is 23.3 Å². The van der Waals surface area contributed by atoms with E-state index in [2.05, 4.69) is 11.4 Å². The first-order chi connectivity index (χ1) is 12.6. The zero-order chi connectivity index (χ0) is 19.9. The predicted octanol–water partition coefficient (Wildman–Crippen LogP) is 4.41. The van der Waals surface area contributed by atoms with Crippen molar-refractivity contribution >= 4 is 29.0 Å². The number of hydrogen-bond acceptors (Lipinski definition) is 2. The molecule has 0 saturated carbocycles. The third kappa shape index (κ3) is 1.70. The number of anilines is 1. The number of rotatable bonds is 1. The summed E-state index contributed by atoms with van der Waals surface area (Å²) in [6, 6.07) is 5.50. The van der Waals surface area contributed by atoms with Crippen LogP contribution in [0.15, 0.2) is 42.0 Å². The molecule has 4 atom stereocenters. The highest BCUT2D eigenvalue weighted by molar-refractivity contribution is 6.32. The number of carbonyl (C=O) groups excluding carboxylic acids is 2. The van der Waals surface area contributed by atoms with Gasteiger partial charge in [-0.3, -0.25) is 14.4 Å². The van der Waals surface area contributed by atoms with Gasteiger partial charge in [0.25, 0.3) is 0 Å². The largest absolute Gasteiger partial charge is 0.328 e. The molecule has 138 valence electrons. The molecule has 4 nitrogen and oxygen atoms in total. The highest BCUT2D eigenvalue weighted by Gasteiger charge is 2.72. The molecule has 0 spiro atoms. The molecule has 1 amide bonds. The Morgan fingerprint density at radius 1 is 1.30 bits per heavy atom. The summed E-state index contributed by atoms with van der Waals surface area (Å²) in [4.78, 5) is 32.7. The Bertz CT molecular complexity index is 1000. The number of halogens is 1. The molecule has 0 unspecified atom stereocenters. The highest BCUT2D eigenvalue weighted by Crippen LogP contribution is 2.65. The molecule has 0 N–H and O–H groups in total. The van der Waals surface area contributed by atoms with Gasteiger partial charge in [0.05, 0.1) is 17.4 Å². The summed E-state index contributed by atoms with van der Waals surface area (Å²) >= 11 is 6.70. The smallest absolute Gasteiger partial charge is 0.315 e. The SMILES string of the molecule is [C-]#[N+][C@]12C(=O)[C@H](C=C(Cl)[C@@]1(C)C=C)C(C)(C)[C@H]1C(=O)N(C)c3cccc2c31. The Balaban J connectivity index is 2.26. The van der Waals surface area contributed by atoms with E-state index in [4.69, 9.17) is 18.2 Å². The van der Waals surface area contributed by atoms with Gasteiger partial charge >= 0.3 is 5.54 Å². The minimum Gasteiger partial charge on any atom is -0.315 e. The van der Waals surface area contributed by atoms with E-state index in [1.807, 2.05) is 32.0 Å². The van der Waals surface area contributed by atoms with E-state index >= 15 is 0 Å². The number of ketones is 1. The van der Waals surface area contributed by atoms with Crippen LogP contribution in [-0.2, 0) is 15.1 Å². The van der Waals surface area contributed by atoms with Crippen LogP contribution in [0.5, 0.6) is 0 Å². The van der Waals surface area contributed by atoms with Gasteiger partial charge in [0, 0.05) is 23.3 Å². The first kappa shape index (κ1) is 18.0. The van der Waals surface area contributed by atoms with Crippen LogP contribution in [0.25, 0.3) is 4.85 Å². The number of allylic oxidation sites excluding steroid dienone is 1. The van der Waals surface area contributed by atoms with Crippen LogP contribution in [0.4, 0.5) is 5.69 Å². The normalized spacial score (nSPS) is 35.9. The molecule has 0 aromatic heterocycles. The fourth-order valence-corrected chi connectivity index (χ4v) is 5.60. The van der Waals surface area contributed by atoms with Gasteiger partial charge in [0.2, 0.25) is 11.7 Å². The van der Waals surface area contributed by atoms with Gasteiger partial charge in [0.15, 0.2) is 0 Å². The van der Waals surface area contributed by atoms with Gasteiger partial charge in [-0.15, -0.1) is 6.58 Å². The Hall–Kier alpha value is -2.38. The summed E-state index contributed by atoms with van der Waals surface area (Å²) in [5.41, 5.74) is -1.16. The summed E-state index contributed by atoms with van der Waals surface area (Å²) in [7, 11) is 1.75. The topological polar surface area (TPSA) is 41.7 Å². The second-order valence-corrected chi connectivity index (χ2v) is 8.88. The average molecular weight is 381 g/mol. The van der Waals surface area contributed by atoms with Gasteiger partial charge in [-0.2, -0.15) is 0 Å². The molecule has 1 heterocycles. The van der Waals surface area contributed by atoms with Crippen LogP contribution in [0.1, 0.15) is 37.8 Å². The van der Waals surface area contributed by atoms with Crippen molar-refractivity contribution in [3.63, 3.8) is 0 Å². The molecule has 0 fully saturated rings. The summed E-state index contributed by atoms with van der Waals surface area (Å²) in [6.45, 7) is 17.7. The molecular formula is C22H21ClN2O2. The molecule has 1 aliphatic heterocycles. The molecule has 2 aliphatic carbocycles. The molecule has 2 bridgehead atoms. The van der Waals surface area contributed by atoms with Crippen molar-refractivity contribution in [2.75, 3.05) is 11.9 Å². The lowest BCUT2D eigenvalue weighted by Gasteiger charge is -2.43. The zero-order valence-corrected chi connectivity index (χ0v) is 16.6. The molecule has 3 aliphatic rings. The second-order valence-electron chi connectivity index (χ2n) is 8.48. The Kier molecular flexibility index (Phi) is 3.41. The van der Waals surface area contributed by atoms with Crippen molar-refractivity contribution in [2.24, 2.45) is 16.7 Å². The lowest BCUT2D eigenvalue weighted by molar-refractivity contribution is -0.133. The van der Waals surface area contributed by atoms with Crippen molar-refractivity contribution in [1.82, 2.24) is 0 Å². The predicted molar refractivity (Wildman–Crippen MR) is 105 cm³/mol. The zero-order valence-electron chi connectivity index (χ0n) is 15.8. The lowest BCUT2D eigenvalue weighted by Crippen LogP contribution is -2.54. The standard InChI is InChI=1S/C22H21ClN2O2/c1-7-21(4)15(23)11-13-18(26)22(21,24-5)12-9-8-10-14-16(12)17(20(13,2)3)19(27)25(14)6/h7-11,13,17H,1H2,2-4,6H3/t13-,17+,21+,22+/m0/s1.